The van der Waals surface area contributed by atoms with E-state index in [0.717, 1.165) is 12.1 Å². The lowest BCUT2D eigenvalue weighted by molar-refractivity contribution is 0.201. The average Bonchev–Trinajstić information content (AvgIpc) is 2.43. The molecule has 0 N–H and O–H groups in total. The second-order valence-electron chi connectivity index (χ2n) is 2.62. The van der Waals surface area contributed by atoms with Crippen molar-refractivity contribution in [1.29, 1.82) is 5.26 Å². The number of hydrogen-bond acceptors (Lipinski definition) is 2. The van der Waals surface area contributed by atoms with E-state index in [1.54, 1.807) is 7.11 Å². The average molecular weight is 164 g/mol. The number of nitriles is 1. The lowest BCUT2D eigenvalue weighted by atomic mass is 10.3. The fraction of sp³-hybridized carbons (Fsp3) is 0.444. The van der Waals surface area contributed by atoms with Crippen molar-refractivity contribution in [2.45, 2.75) is 6.42 Å². The highest BCUT2D eigenvalue weighted by molar-refractivity contribution is 5.26. The molecule has 0 spiro atoms. The molecule has 1 heterocycles. The second-order valence-corrected chi connectivity index (χ2v) is 2.62. The van der Waals surface area contributed by atoms with Crippen molar-refractivity contribution in [3.63, 3.8) is 0 Å². The third-order valence-electron chi connectivity index (χ3n) is 1.90. The minimum absolute atomic E-state index is 0.695. The molecule has 0 unspecified atom stereocenters. The van der Waals surface area contributed by atoms with Gasteiger partial charge in [0, 0.05) is 26.3 Å². The van der Waals surface area contributed by atoms with E-state index in [4.69, 9.17) is 10.00 Å². The molecule has 0 aliphatic rings. The Hall–Kier alpha value is -1.27. The first kappa shape index (κ1) is 8.82. The first-order valence-corrected chi connectivity index (χ1v) is 3.83. The van der Waals surface area contributed by atoms with Crippen molar-refractivity contribution in [2.24, 2.45) is 7.05 Å². The normalized spacial score (nSPS) is 9.75. The van der Waals surface area contributed by atoms with Gasteiger partial charge in [-0.25, -0.2) is 0 Å². The second kappa shape index (κ2) is 3.93. The fourth-order valence-electron chi connectivity index (χ4n) is 1.12. The molecule has 12 heavy (non-hydrogen) atoms. The molecule has 0 atom stereocenters. The van der Waals surface area contributed by atoms with Crippen molar-refractivity contribution in [3.05, 3.63) is 23.5 Å². The third-order valence-corrected chi connectivity index (χ3v) is 1.90. The van der Waals surface area contributed by atoms with Gasteiger partial charge in [-0.05, 0) is 12.1 Å². The Morgan fingerprint density at radius 1 is 1.58 bits per heavy atom. The van der Waals surface area contributed by atoms with Gasteiger partial charge in [-0.3, -0.25) is 0 Å². The quantitative estimate of drug-likeness (QED) is 0.670. The Morgan fingerprint density at radius 2 is 2.33 bits per heavy atom. The van der Waals surface area contributed by atoms with Crippen LogP contribution >= 0.6 is 0 Å². The molecule has 0 radical (unpaired) electrons. The van der Waals surface area contributed by atoms with Gasteiger partial charge in [-0.2, -0.15) is 5.26 Å². The molecule has 1 aromatic rings. The topological polar surface area (TPSA) is 37.9 Å². The number of hydrogen-bond donors (Lipinski definition) is 0. The third kappa shape index (κ3) is 1.66. The van der Waals surface area contributed by atoms with Gasteiger partial charge in [0.05, 0.1) is 6.61 Å². The van der Waals surface area contributed by atoms with Gasteiger partial charge in [0.25, 0.3) is 0 Å². The summed E-state index contributed by atoms with van der Waals surface area (Å²) in [4.78, 5) is 0. The van der Waals surface area contributed by atoms with Crippen LogP contribution in [0.2, 0.25) is 0 Å². The summed E-state index contributed by atoms with van der Waals surface area (Å²) >= 11 is 0. The molecule has 0 fully saturated rings. The van der Waals surface area contributed by atoms with Gasteiger partial charge in [0.2, 0.25) is 0 Å². The molecule has 0 saturated heterocycles. The van der Waals surface area contributed by atoms with Gasteiger partial charge in [0.1, 0.15) is 11.8 Å². The maximum Gasteiger partial charge on any atom is 0.120 e. The Bertz CT molecular complexity index is 296. The van der Waals surface area contributed by atoms with E-state index < -0.39 is 0 Å². The Kier molecular flexibility index (Phi) is 2.89. The van der Waals surface area contributed by atoms with E-state index >= 15 is 0 Å². The maximum atomic E-state index is 8.66. The number of methoxy groups -OCH3 is 1. The largest absolute Gasteiger partial charge is 0.384 e. The summed E-state index contributed by atoms with van der Waals surface area (Å²) in [6.45, 7) is 0.697. The monoisotopic (exact) mass is 164 g/mol. The molecule has 1 aromatic heterocycles. The van der Waals surface area contributed by atoms with Crippen molar-refractivity contribution in [1.82, 2.24) is 4.57 Å². The molecular formula is C9H12N2O. The summed E-state index contributed by atoms with van der Waals surface area (Å²) in [7, 11) is 3.57. The Labute approximate surface area is 72.2 Å². The maximum absolute atomic E-state index is 8.66. The van der Waals surface area contributed by atoms with Gasteiger partial charge in [0.15, 0.2) is 0 Å². The SMILES string of the molecule is COCCc1ccc(C#N)n1C. The van der Waals surface area contributed by atoms with Crippen LogP contribution in [0.1, 0.15) is 11.4 Å². The summed E-state index contributed by atoms with van der Waals surface area (Å²) < 4.78 is 6.84. The summed E-state index contributed by atoms with van der Waals surface area (Å²) in [6.07, 6.45) is 0.856. The van der Waals surface area contributed by atoms with Crippen LogP contribution in [0.4, 0.5) is 0 Å². The molecule has 0 amide bonds. The molecule has 0 aliphatic heterocycles. The lowest BCUT2D eigenvalue weighted by Gasteiger charge is -2.02. The van der Waals surface area contributed by atoms with Gasteiger partial charge in [-0.15, -0.1) is 0 Å². The highest BCUT2D eigenvalue weighted by Crippen LogP contribution is 2.06. The van der Waals surface area contributed by atoms with E-state index in [0.29, 0.717) is 12.3 Å². The number of ether oxygens (including phenoxy) is 1. The van der Waals surface area contributed by atoms with Crippen LogP contribution in [0.15, 0.2) is 12.1 Å². The first-order chi connectivity index (χ1) is 5.79. The number of rotatable bonds is 3. The highest BCUT2D eigenvalue weighted by Gasteiger charge is 2.02. The molecule has 3 heteroatoms. The molecule has 0 saturated carbocycles. The van der Waals surface area contributed by atoms with Crippen LogP contribution in [0.3, 0.4) is 0 Å². The predicted molar refractivity (Wildman–Crippen MR) is 45.7 cm³/mol. The van der Waals surface area contributed by atoms with Gasteiger partial charge in [-0.1, -0.05) is 0 Å². The van der Waals surface area contributed by atoms with Crippen molar-refractivity contribution in [2.75, 3.05) is 13.7 Å². The van der Waals surface area contributed by atoms with E-state index in [9.17, 15) is 0 Å². The van der Waals surface area contributed by atoms with Crippen LogP contribution in [-0.2, 0) is 18.2 Å². The summed E-state index contributed by atoms with van der Waals surface area (Å²) in [5.74, 6) is 0. The molecule has 3 nitrogen and oxygen atoms in total. The van der Waals surface area contributed by atoms with Gasteiger partial charge < -0.3 is 9.30 Å². The standard InChI is InChI=1S/C9H12N2O/c1-11-8(5-6-12-2)3-4-9(11)7-10/h3-4H,5-6H2,1-2H3. The van der Waals surface area contributed by atoms with Crippen LogP contribution in [0.5, 0.6) is 0 Å². The van der Waals surface area contributed by atoms with E-state index in [1.165, 1.54) is 0 Å². The molecule has 0 aromatic carbocycles. The Balaban J connectivity index is 2.75. The van der Waals surface area contributed by atoms with Crippen molar-refractivity contribution >= 4 is 0 Å². The summed E-state index contributed by atoms with van der Waals surface area (Å²) in [5.41, 5.74) is 1.83. The van der Waals surface area contributed by atoms with Gasteiger partial charge >= 0.3 is 0 Å². The number of nitrogens with zero attached hydrogens (tertiary/aromatic N) is 2. The van der Waals surface area contributed by atoms with Crippen LogP contribution < -0.4 is 0 Å². The molecule has 0 aliphatic carbocycles. The molecule has 64 valence electrons. The molecule has 1 rings (SSSR count). The first-order valence-electron chi connectivity index (χ1n) is 3.83. The zero-order valence-electron chi connectivity index (χ0n) is 7.37. The molecular weight excluding hydrogens is 152 g/mol. The van der Waals surface area contributed by atoms with E-state index in [1.807, 2.05) is 23.7 Å². The highest BCUT2D eigenvalue weighted by atomic mass is 16.5. The van der Waals surface area contributed by atoms with Crippen LogP contribution in [-0.4, -0.2) is 18.3 Å². The van der Waals surface area contributed by atoms with Crippen molar-refractivity contribution < 1.29 is 4.74 Å². The van der Waals surface area contributed by atoms with Crippen LogP contribution in [0, 0.1) is 11.3 Å². The minimum atomic E-state index is 0.695. The summed E-state index contributed by atoms with van der Waals surface area (Å²) in [6, 6.07) is 5.89. The molecule has 0 bridgehead atoms. The van der Waals surface area contributed by atoms with Crippen LogP contribution in [0.25, 0.3) is 0 Å². The van der Waals surface area contributed by atoms with E-state index in [2.05, 4.69) is 6.07 Å². The Morgan fingerprint density at radius 3 is 2.83 bits per heavy atom. The zero-order valence-corrected chi connectivity index (χ0v) is 7.37. The number of aromatic nitrogens is 1. The van der Waals surface area contributed by atoms with Crippen molar-refractivity contribution in [3.8, 4) is 6.07 Å². The minimum Gasteiger partial charge on any atom is -0.384 e. The fourth-order valence-corrected chi connectivity index (χ4v) is 1.12. The smallest absolute Gasteiger partial charge is 0.120 e. The zero-order chi connectivity index (χ0) is 8.97. The summed E-state index contributed by atoms with van der Waals surface area (Å²) in [5, 5.41) is 8.66. The predicted octanol–water partition coefficient (Wildman–Crippen LogP) is 1.09. The van der Waals surface area contributed by atoms with E-state index in [-0.39, 0.29) is 0 Å². The lowest BCUT2D eigenvalue weighted by Crippen LogP contribution is -2.02.